The van der Waals surface area contributed by atoms with E-state index in [1.165, 1.54) is 18.1 Å². The van der Waals surface area contributed by atoms with Gasteiger partial charge in [-0.2, -0.15) is 0 Å². The first kappa shape index (κ1) is 12.1. The molecule has 0 radical (unpaired) electrons. The second kappa shape index (κ2) is 5.82. The molecule has 1 amide bonds. The van der Waals surface area contributed by atoms with Gasteiger partial charge in [-0.15, -0.1) is 0 Å². The summed E-state index contributed by atoms with van der Waals surface area (Å²) in [4.78, 5) is 12.0. The number of carbonyl (C=O) groups is 1. The number of carbonyl (C=O) groups excluding carboxylic acids is 1. The molecule has 5 heteroatoms. The van der Waals surface area contributed by atoms with Crippen LogP contribution < -0.4 is 4.90 Å². The number of anilines is 1. The summed E-state index contributed by atoms with van der Waals surface area (Å²) in [5, 5.41) is 0. The van der Waals surface area contributed by atoms with Gasteiger partial charge in [0.15, 0.2) is 0 Å². The minimum absolute atomic E-state index is 0.255. The van der Waals surface area contributed by atoms with E-state index in [4.69, 9.17) is 4.74 Å². The highest BCUT2D eigenvalue weighted by molar-refractivity contribution is 9.10. The highest BCUT2D eigenvalue weighted by atomic mass is 79.9. The van der Waals surface area contributed by atoms with Gasteiger partial charge in [0.05, 0.1) is 12.3 Å². The molecule has 82 valence electrons. The molecule has 0 fully saturated rings. The Kier molecular flexibility index (Phi) is 4.71. The Morgan fingerprint density at radius 1 is 1.60 bits per heavy atom. The molecule has 0 saturated carbocycles. The maximum Gasteiger partial charge on any atom is 0.214 e. The zero-order chi connectivity index (χ0) is 11.3. The van der Waals surface area contributed by atoms with Crippen molar-refractivity contribution in [3.8, 4) is 0 Å². The van der Waals surface area contributed by atoms with E-state index in [0.717, 1.165) is 0 Å². The third-order valence-corrected chi connectivity index (χ3v) is 2.38. The van der Waals surface area contributed by atoms with Crippen LogP contribution in [0.5, 0.6) is 0 Å². The molecule has 0 saturated heterocycles. The molecule has 0 aliphatic rings. The summed E-state index contributed by atoms with van der Waals surface area (Å²) in [5.41, 5.74) is 0.255. The van der Waals surface area contributed by atoms with Gasteiger partial charge in [0, 0.05) is 18.1 Å². The van der Waals surface area contributed by atoms with Gasteiger partial charge in [0.2, 0.25) is 6.41 Å². The quantitative estimate of drug-likeness (QED) is 0.771. The Labute approximate surface area is 96.0 Å². The van der Waals surface area contributed by atoms with Crippen molar-refractivity contribution in [1.29, 1.82) is 0 Å². The standard InChI is InChI=1S/C10H11BrFNO2/c1-15-5-4-13(7-14)10-3-2-8(11)6-9(10)12/h2-3,6-7H,4-5H2,1H3. The summed E-state index contributed by atoms with van der Waals surface area (Å²) in [5.74, 6) is -0.437. The predicted molar refractivity (Wildman–Crippen MR) is 59.4 cm³/mol. The van der Waals surface area contributed by atoms with Crippen LogP contribution in [0.15, 0.2) is 22.7 Å². The van der Waals surface area contributed by atoms with Crippen LogP contribution in [-0.2, 0) is 9.53 Å². The molecule has 0 atom stereocenters. The number of nitrogens with zero attached hydrogens (tertiary/aromatic N) is 1. The van der Waals surface area contributed by atoms with E-state index in [0.29, 0.717) is 24.0 Å². The highest BCUT2D eigenvalue weighted by Crippen LogP contribution is 2.22. The number of amides is 1. The Bertz CT molecular complexity index is 346. The minimum atomic E-state index is -0.437. The zero-order valence-corrected chi connectivity index (χ0v) is 9.83. The van der Waals surface area contributed by atoms with Crippen LogP contribution in [0.3, 0.4) is 0 Å². The van der Waals surface area contributed by atoms with Gasteiger partial charge in [-0.3, -0.25) is 4.79 Å². The monoisotopic (exact) mass is 275 g/mol. The highest BCUT2D eigenvalue weighted by Gasteiger charge is 2.10. The number of ether oxygens (including phenoxy) is 1. The molecule has 0 spiro atoms. The molecule has 0 aliphatic carbocycles. The fraction of sp³-hybridized carbons (Fsp3) is 0.300. The van der Waals surface area contributed by atoms with Crippen molar-refractivity contribution >= 4 is 28.0 Å². The van der Waals surface area contributed by atoms with E-state index < -0.39 is 5.82 Å². The third kappa shape index (κ3) is 3.28. The van der Waals surface area contributed by atoms with Gasteiger partial charge < -0.3 is 9.64 Å². The summed E-state index contributed by atoms with van der Waals surface area (Å²) in [6.45, 7) is 0.701. The maximum atomic E-state index is 13.4. The van der Waals surface area contributed by atoms with Crippen molar-refractivity contribution in [2.75, 3.05) is 25.2 Å². The molecular weight excluding hydrogens is 265 g/mol. The Morgan fingerprint density at radius 2 is 2.33 bits per heavy atom. The van der Waals surface area contributed by atoms with Gasteiger partial charge in [-0.25, -0.2) is 4.39 Å². The smallest absolute Gasteiger partial charge is 0.214 e. The second-order valence-electron chi connectivity index (χ2n) is 2.89. The van der Waals surface area contributed by atoms with Crippen molar-refractivity contribution in [2.45, 2.75) is 0 Å². The first-order valence-corrected chi connectivity index (χ1v) is 5.14. The van der Waals surface area contributed by atoms with Crippen molar-refractivity contribution in [2.24, 2.45) is 0 Å². The zero-order valence-electron chi connectivity index (χ0n) is 8.24. The molecule has 0 N–H and O–H groups in total. The lowest BCUT2D eigenvalue weighted by atomic mass is 10.3. The van der Waals surface area contributed by atoms with Crippen LogP contribution >= 0.6 is 15.9 Å². The van der Waals surface area contributed by atoms with Gasteiger partial charge in [-0.1, -0.05) is 15.9 Å². The number of hydrogen-bond acceptors (Lipinski definition) is 2. The first-order valence-electron chi connectivity index (χ1n) is 4.35. The summed E-state index contributed by atoms with van der Waals surface area (Å²) in [6, 6.07) is 4.55. The van der Waals surface area contributed by atoms with Gasteiger partial charge >= 0.3 is 0 Å². The lowest BCUT2D eigenvalue weighted by molar-refractivity contribution is -0.107. The molecule has 1 aromatic rings. The number of benzene rings is 1. The van der Waals surface area contributed by atoms with E-state index in [2.05, 4.69) is 15.9 Å². The van der Waals surface area contributed by atoms with Gasteiger partial charge in [0.1, 0.15) is 5.82 Å². The number of hydrogen-bond donors (Lipinski definition) is 0. The van der Waals surface area contributed by atoms with Crippen LogP contribution in [0, 0.1) is 5.82 Å². The molecular formula is C10H11BrFNO2. The van der Waals surface area contributed by atoms with Crippen LogP contribution in [0.25, 0.3) is 0 Å². The molecule has 0 aromatic heterocycles. The van der Waals surface area contributed by atoms with Crippen molar-refractivity contribution in [3.05, 3.63) is 28.5 Å². The van der Waals surface area contributed by atoms with E-state index in [1.807, 2.05) is 0 Å². The van der Waals surface area contributed by atoms with Gasteiger partial charge in [0.25, 0.3) is 0 Å². The van der Waals surface area contributed by atoms with Gasteiger partial charge in [-0.05, 0) is 18.2 Å². The SMILES string of the molecule is COCCN(C=O)c1ccc(Br)cc1F. The summed E-state index contributed by atoms with van der Waals surface area (Å²) >= 11 is 3.15. The van der Waals surface area contributed by atoms with E-state index in [1.54, 1.807) is 12.1 Å². The topological polar surface area (TPSA) is 29.5 Å². The maximum absolute atomic E-state index is 13.4. The molecule has 0 unspecified atom stereocenters. The van der Waals surface area contributed by atoms with Crippen LogP contribution in [0.2, 0.25) is 0 Å². The Hall–Kier alpha value is -0.940. The van der Waals surface area contributed by atoms with Crippen molar-refractivity contribution in [1.82, 2.24) is 0 Å². The number of rotatable bonds is 5. The predicted octanol–water partition coefficient (Wildman–Crippen LogP) is 2.20. The normalized spacial score (nSPS) is 10.1. The molecule has 0 heterocycles. The largest absolute Gasteiger partial charge is 0.383 e. The molecule has 0 bridgehead atoms. The van der Waals surface area contributed by atoms with Crippen LogP contribution in [-0.4, -0.2) is 26.7 Å². The Balaban J connectivity index is 2.86. The second-order valence-corrected chi connectivity index (χ2v) is 3.80. The number of halogens is 2. The van der Waals surface area contributed by atoms with Crippen molar-refractivity contribution in [3.63, 3.8) is 0 Å². The molecule has 3 nitrogen and oxygen atoms in total. The summed E-state index contributed by atoms with van der Waals surface area (Å²) in [7, 11) is 1.53. The fourth-order valence-electron chi connectivity index (χ4n) is 1.13. The van der Waals surface area contributed by atoms with E-state index in [9.17, 15) is 9.18 Å². The summed E-state index contributed by atoms with van der Waals surface area (Å²) in [6.07, 6.45) is 0.589. The Morgan fingerprint density at radius 3 is 2.87 bits per heavy atom. The summed E-state index contributed by atoms with van der Waals surface area (Å²) < 4.78 is 18.9. The molecule has 1 rings (SSSR count). The lowest BCUT2D eigenvalue weighted by Gasteiger charge is -2.17. The lowest BCUT2D eigenvalue weighted by Crippen LogP contribution is -2.26. The third-order valence-electron chi connectivity index (χ3n) is 1.88. The average molecular weight is 276 g/mol. The molecule has 0 aliphatic heterocycles. The minimum Gasteiger partial charge on any atom is -0.383 e. The number of methoxy groups -OCH3 is 1. The molecule has 15 heavy (non-hydrogen) atoms. The van der Waals surface area contributed by atoms with Crippen LogP contribution in [0.4, 0.5) is 10.1 Å². The van der Waals surface area contributed by atoms with Crippen LogP contribution in [0.1, 0.15) is 0 Å². The van der Waals surface area contributed by atoms with Crippen molar-refractivity contribution < 1.29 is 13.9 Å². The van der Waals surface area contributed by atoms with E-state index >= 15 is 0 Å². The first-order chi connectivity index (χ1) is 7.19. The van der Waals surface area contributed by atoms with E-state index in [-0.39, 0.29) is 5.69 Å². The fourth-order valence-corrected chi connectivity index (χ4v) is 1.47. The molecule has 1 aromatic carbocycles. The average Bonchev–Trinajstić information content (AvgIpc) is 2.21.